The summed E-state index contributed by atoms with van der Waals surface area (Å²) in [4.78, 5) is 43.3. The van der Waals surface area contributed by atoms with Crippen molar-refractivity contribution in [2.45, 2.75) is 58.2 Å². The number of hydrogen-bond donors (Lipinski definition) is 3. The quantitative estimate of drug-likeness (QED) is 0.0998. The molecule has 0 unspecified atom stereocenters. The van der Waals surface area contributed by atoms with Gasteiger partial charge in [0.1, 0.15) is 11.9 Å². The molecule has 0 saturated carbocycles. The van der Waals surface area contributed by atoms with Crippen LogP contribution in [0.1, 0.15) is 66.3 Å². The molecular formula is C40H45N5O8. The lowest BCUT2D eigenvalue weighted by Gasteiger charge is -2.32. The lowest BCUT2D eigenvalue weighted by molar-refractivity contribution is -0.180. The molecule has 278 valence electrons. The predicted octanol–water partition coefficient (Wildman–Crippen LogP) is 7.52. The van der Waals surface area contributed by atoms with Gasteiger partial charge in [0.25, 0.3) is 5.91 Å². The first-order valence-corrected chi connectivity index (χ1v) is 17.8. The predicted molar refractivity (Wildman–Crippen MR) is 199 cm³/mol. The molecule has 2 aliphatic heterocycles. The van der Waals surface area contributed by atoms with Gasteiger partial charge in [-0.05, 0) is 85.0 Å². The van der Waals surface area contributed by atoms with E-state index >= 15 is 0 Å². The number of nitrogens with one attached hydrogen (secondary N) is 3. The summed E-state index contributed by atoms with van der Waals surface area (Å²) in [5, 5.41) is 8.42. The standard InChI is InChI=1S/C40H45N5O8/c1-40(2)51-27-31-22-29(14-15-35(31)53-40)36-25-45(39(48)52-36)17-4-3-5-18-49-19-20-50-26-28-9-6-11-32(21-28)43-38(47)44-34-13-7-12-33(23-34)42-37(46)30-10-8-16-41-24-30/h6-16,21-24,36H,3-5,17-20,25-27H2,1-2H3,(H,42,46)(H2,43,44,47)/t36-/m0/s1. The Morgan fingerprint density at radius 3 is 2.45 bits per heavy atom. The Morgan fingerprint density at radius 1 is 0.868 bits per heavy atom. The van der Waals surface area contributed by atoms with Crippen molar-refractivity contribution in [1.29, 1.82) is 0 Å². The van der Waals surface area contributed by atoms with Crippen LogP contribution in [-0.4, -0.2) is 66.6 Å². The zero-order valence-electron chi connectivity index (χ0n) is 30.0. The van der Waals surface area contributed by atoms with E-state index in [-0.39, 0.29) is 18.1 Å². The summed E-state index contributed by atoms with van der Waals surface area (Å²) in [5.74, 6) is -0.143. The minimum atomic E-state index is -0.650. The minimum Gasteiger partial charge on any atom is -0.463 e. The summed E-state index contributed by atoms with van der Waals surface area (Å²) in [6.45, 7) is 7.28. The third-order valence-electron chi connectivity index (χ3n) is 8.62. The number of benzene rings is 3. The van der Waals surface area contributed by atoms with Crippen molar-refractivity contribution in [3.05, 3.63) is 114 Å². The molecule has 1 aromatic heterocycles. The molecule has 6 rings (SSSR count). The highest BCUT2D eigenvalue weighted by Gasteiger charge is 2.33. The second-order valence-electron chi connectivity index (χ2n) is 13.3. The first-order chi connectivity index (χ1) is 25.7. The van der Waals surface area contributed by atoms with Gasteiger partial charge in [-0.25, -0.2) is 9.59 Å². The van der Waals surface area contributed by atoms with Crippen LogP contribution in [0.4, 0.5) is 26.7 Å². The van der Waals surface area contributed by atoms with Crippen LogP contribution >= 0.6 is 0 Å². The number of amides is 4. The van der Waals surface area contributed by atoms with Crippen LogP contribution in [0.3, 0.4) is 0 Å². The number of fused-ring (bicyclic) bond motifs is 1. The zero-order valence-corrected chi connectivity index (χ0v) is 30.0. The molecule has 0 spiro atoms. The molecule has 2 aliphatic rings. The van der Waals surface area contributed by atoms with E-state index in [2.05, 4.69) is 20.9 Å². The van der Waals surface area contributed by atoms with Crippen LogP contribution in [0.15, 0.2) is 91.3 Å². The fourth-order valence-electron chi connectivity index (χ4n) is 5.92. The maximum Gasteiger partial charge on any atom is 0.410 e. The van der Waals surface area contributed by atoms with E-state index in [1.54, 1.807) is 53.6 Å². The highest BCUT2D eigenvalue weighted by molar-refractivity contribution is 6.05. The van der Waals surface area contributed by atoms with Crippen molar-refractivity contribution in [2.24, 2.45) is 0 Å². The van der Waals surface area contributed by atoms with Gasteiger partial charge in [-0.3, -0.25) is 9.78 Å². The fraction of sp³-hybridized carbons (Fsp3) is 0.350. The van der Waals surface area contributed by atoms with Crippen LogP contribution in [0.25, 0.3) is 0 Å². The number of unbranched alkanes of at least 4 members (excludes halogenated alkanes) is 2. The Labute approximate surface area is 308 Å². The van der Waals surface area contributed by atoms with Crippen molar-refractivity contribution in [2.75, 3.05) is 48.9 Å². The van der Waals surface area contributed by atoms with Crippen molar-refractivity contribution >= 4 is 35.1 Å². The summed E-state index contributed by atoms with van der Waals surface area (Å²) in [6, 6.07) is 23.1. The molecule has 3 heterocycles. The van der Waals surface area contributed by atoms with Crippen LogP contribution in [0.2, 0.25) is 0 Å². The fourth-order valence-corrected chi connectivity index (χ4v) is 5.92. The number of nitrogens with zero attached hydrogens (tertiary/aromatic N) is 2. The Hall–Kier alpha value is -5.50. The molecule has 3 aromatic carbocycles. The number of anilines is 3. The van der Waals surface area contributed by atoms with Gasteiger partial charge in [0.2, 0.25) is 5.79 Å². The van der Waals surface area contributed by atoms with E-state index in [1.807, 2.05) is 50.2 Å². The summed E-state index contributed by atoms with van der Waals surface area (Å²) in [6.07, 6.45) is 5.17. The molecule has 1 saturated heterocycles. The molecule has 4 aromatic rings. The number of urea groups is 1. The van der Waals surface area contributed by atoms with Crippen molar-refractivity contribution < 1.29 is 38.1 Å². The molecule has 0 bridgehead atoms. The van der Waals surface area contributed by atoms with E-state index in [0.29, 0.717) is 68.7 Å². The second kappa shape index (κ2) is 17.8. The normalized spacial score (nSPS) is 15.9. The van der Waals surface area contributed by atoms with Gasteiger partial charge in [-0.2, -0.15) is 0 Å². The SMILES string of the molecule is CC1(C)OCc2cc([C@@H]3CN(CCCCCOCCOCc4cccc(NC(=O)Nc5cccc(NC(=O)c6cccnc6)c5)c4)C(=O)O3)ccc2O1. The smallest absolute Gasteiger partial charge is 0.410 e. The Morgan fingerprint density at radius 2 is 1.64 bits per heavy atom. The van der Waals surface area contributed by atoms with Gasteiger partial charge in [0.15, 0.2) is 0 Å². The molecule has 4 amide bonds. The Kier molecular flexibility index (Phi) is 12.5. The summed E-state index contributed by atoms with van der Waals surface area (Å²) >= 11 is 0. The molecule has 1 fully saturated rings. The molecule has 53 heavy (non-hydrogen) atoms. The third kappa shape index (κ3) is 11.0. The van der Waals surface area contributed by atoms with E-state index in [9.17, 15) is 14.4 Å². The number of hydrogen-bond acceptors (Lipinski definition) is 9. The second-order valence-corrected chi connectivity index (χ2v) is 13.3. The van der Waals surface area contributed by atoms with Crippen LogP contribution in [-0.2, 0) is 32.2 Å². The van der Waals surface area contributed by atoms with Crippen LogP contribution < -0.4 is 20.7 Å². The maximum atomic E-state index is 12.7. The number of cyclic esters (lactones) is 1. The first kappa shape index (κ1) is 37.3. The van der Waals surface area contributed by atoms with Gasteiger partial charge < -0.3 is 44.5 Å². The monoisotopic (exact) mass is 723 g/mol. The number of pyridine rings is 1. The minimum absolute atomic E-state index is 0.286. The Balaban J connectivity index is 0.816. The topological polar surface area (TPSA) is 150 Å². The van der Waals surface area contributed by atoms with Gasteiger partial charge in [-0.15, -0.1) is 0 Å². The summed E-state index contributed by atoms with van der Waals surface area (Å²) < 4.78 is 28.8. The highest BCUT2D eigenvalue weighted by Crippen LogP contribution is 2.35. The molecule has 0 radical (unpaired) electrons. The maximum absolute atomic E-state index is 12.7. The van der Waals surface area contributed by atoms with E-state index in [4.69, 9.17) is 23.7 Å². The Bertz CT molecular complexity index is 1870. The zero-order chi connectivity index (χ0) is 37.0. The van der Waals surface area contributed by atoms with Crippen LogP contribution in [0.5, 0.6) is 5.75 Å². The lowest BCUT2D eigenvalue weighted by atomic mass is 10.0. The van der Waals surface area contributed by atoms with Crippen molar-refractivity contribution in [3.63, 3.8) is 0 Å². The van der Waals surface area contributed by atoms with E-state index in [0.717, 1.165) is 41.7 Å². The first-order valence-electron chi connectivity index (χ1n) is 17.8. The highest BCUT2D eigenvalue weighted by atomic mass is 16.7. The number of carbonyl (C=O) groups excluding carboxylic acids is 3. The average Bonchev–Trinajstić information content (AvgIpc) is 3.52. The summed E-state index contributed by atoms with van der Waals surface area (Å²) in [5.41, 5.74) is 4.92. The number of carbonyl (C=O) groups is 3. The largest absolute Gasteiger partial charge is 0.463 e. The number of rotatable bonds is 16. The lowest BCUT2D eigenvalue weighted by Crippen LogP contribution is -2.35. The van der Waals surface area contributed by atoms with E-state index < -0.39 is 11.8 Å². The molecule has 3 N–H and O–H groups in total. The van der Waals surface area contributed by atoms with Gasteiger partial charge in [0, 0.05) is 62.0 Å². The van der Waals surface area contributed by atoms with Crippen LogP contribution in [0, 0.1) is 0 Å². The summed E-state index contributed by atoms with van der Waals surface area (Å²) in [7, 11) is 0. The molecule has 1 atom stereocenters. The van der Waals surface area contributed by atoms with E-state index in [1.165, 1.54) is 6.20 Å². The number of aromatic nitrogens is 1. The van der Waals surface area contributed by atoms with Crippen molar-refractivity contribution in [3.8, 4) is 5.75 Å². The van der Waals surface area contributed by atoms with Crippen molar-refractivity contribution in [1.82, 2.24) is 9.88 Å². The average molecular weight is 724 g/mol. The number of ether oxygens (including phenoxy) is 5. The van der Waals surface area contributed by atoms with Gasteiger partial charge in [0.05, 0.1) is 38.5 Å². The van der Waals surface area contributed by atoms with Gasteiger partial charge >= 0.3 is 12.1 Å². The molecule has 0 aliphatic carbocycles. The molecular weight excluding hydrogens is 678 g/mol. The third-order valence-corrected chi connectivity index (χ3v) is 8.62. The molecule has 13 heteroatoms. The van der Waals surface area contributed by atoms with Gasteiger partial charge in [-0.1, -0.05) is 24.3 Å². The molecule has 13 nitrogen and oxygen atoms in total.